The van der Waals surface area contributed by atoms with Crippen molar-refractivity contribution in [1.82, 2.24) is 0 Å². The van der Waals surface area contributed by atoms with Gasteiger partial charge in [0.2, 0.25) is 0 Å². The molecular weight excluding hydrogens is 253 g/mol. The molecule has 5 heteroatoms. The maximum atomic E-state index is 13.1. The second kappa shape index (κ2) is 5.18. The monoisotopic (exact) mass is 265 g/mol. The van der Waals surface area contributed by atoms with E-state index in [1.54, 1.807) is 6.07 Å². The smallest absolute Gasteiger partial charge is 0.412 e. The summed E-state index contributed by atoms with van der Waals surface area (Å²) in [4.78, 5) is 14.4. The Morgan fingerprint density at radius 2 is 2.17 bits per heavy atom. The van der Waals surface area contributed by atoms with Crippen molar-refractivity contribution < 1.29 is 14.3 Å². The Balaban J connectivity index is 2.26. The van der Waals surface area contributed by atoms with E-state index in [0.717, 1.165) is 14.7 Å². The summed E-state index contributed by atoms with van der Waals surface area (Å²) >= 11 is 1.53. The van der Waals surface area contributed by atoms with E-state index in [4.69, 9.17) is 0 Å². The van der Waals surface area contributed by atoms with Crippen LogP contribution in [0.5, 0.6) is 0 Å². The Labute approximate surface area is 108 Å². The second-order valence-corrected chi connectivity index (χ2v) is 5.23. The lowest BCUT2D eigenvalue weighted by Gasteiger charge is -2.18. The summed E-state index contributed by atoms with van der Waals surface area (Å²) in [5.41, 5.74) is 0.341. The molecule has 0 saturated heterocycles. The summed E-state index contributed by atoms with van der Waals surface area (Å²) in [6.45, 7) is 2.19. The average molecular weight is 265 g/mol. The molecule has 18 heavy (non-hydrogen) atoms. The number of thiophene rings is 1. The van der Waals surface area contributed by atoms with Gasteiger partial charge in [-0.1, -0.05) is 6.07 Å². The van der Waals surface area contributed by atoms with Crippen LogP contribution in [-0.2, 0) is 6.54 Å². The number of rotatable bonds is 3. The lowest BCUT2D eigenvalue weighted by Crippen LogP contribution is -2.28. The van der Waals surface area contributed by atoms with Crippen LogP contribution < -0.4 is 4.90 Å². The highest BCUT2D eigenvalue weighted by Gasteiger charge is 2.16. The first kappa shape index (κ1) is 12.6. The number of anilines is 1. The van der Waals surface area contributed by atoms with Crippen LogP contribution in [0.1, 0.15) is 9.75 Å². The van der Waals surface area contributed by atoms with Crippen LogP contribution >= 0.6 is 11.3 Å². The third kappa shape index (κ3) is 2.87. The lowest BCUT2D eigenvalue weighted by molar-refractivity contribution is 0.201. The zero-order valence-corrected chi connectivity index (χ0v) is 10.6. The predicted octanol–water partition coefficient (Wildman–Crippen LogP) is 3.88. The number of carboxylic acid groups (broad SMARTS) is 1. The summed E-state index contributed by atoms with van der Waals surface area (Å²) in [7, 11) is 0. The third-order valence-corrected chi connectivity index (χ3v) is 3.45. The zero-order chi connectivity index (χ0) is 13.1. The molecule has 0 aliphatic carbocycles. The molecule has 2 rings (SSSR count). The van der Waals surface area contributed by atoms with Gasteiger partial charge in [-0.3, -0.25) is 4.90 Å². The van der Waals surface area contributed by atoms with Crippen LogP contribution in [0.4, 0.5) is 14.9 Å². The molecule has 0 aliphatic heterocycles. The Kier molecular flexibility index (Phi) is 3.62. The molecule has 0 unspecified atom stereocenters. The largest absolute Gasteiger partial charge is 0.465 e. The number of aryl methyl sites for hydroxylation is 1. The van der Waals surface area contributed by atoms with E-state index in [2.05, 4.69) is 0 Å². The van der Waals surface area contributed by atoms with Crippen LogP contribution in [0.15, 0.2) is 36.4 Å². The molecule has 1 aromatic carbocycles. The second-order valence-electron chi connectivity index (χ2n) is 3.86. The molecule has 0 fully saturated rings. The number of halogens is 1. The van der Waals surface area contributed by atoms with E-state index >= 15 is 0 Å². The fourth-order valence-electron chi connectivity index (χ4n) is 1.64. The molecule has 94 valence electrons. The molecule has 0 spiro atoms. The maximum absolute atomic E-state index is 13.1. The van der Waals surface area contributed by atoms with Gasteiger partial charge in [-0.2, -0.15) is 0 Å². The van der Waals surface area contributed by atoms with Gasteiger partial charge >= 0.3 is 6.09 Å². The Hall–Kier alpha value is -1.88. The van der Waals surface area contributed by atoms with Crippen LogP contribution in [-0.4, -0.2) is 11.2 Å². The van der Waals surface area contributed by atoms with E-state index in [-0.39, 0.29) is 6.54 Å². The van der Waals surface area contributed by atoms with Crippen LogP contribution in [0, 0.1) is 12.7 Å². The van der Waals surface area contributed by atoms with Crippen molar-refractivity contribution >= 4 is 23.1 Å². The van der Waals surface area contributed by atoms with Gasteiger partial charge in [-0.25, -0.2) is 9.18 Å². The van der Waals surface area contributed by atoms with Gasteiger partial charge in [-0.15, -0.1) is 11.3 Å². The van der Waals surface area contributed by atoms with E-state index in [9.17, 15) is 14.3 Å². The standard InChI is InChI=1S/C13H12FNO2S/c1-9-5-6-12(18-9)8-15(13(16)17)11-4-2-3-10(14)7-11/h2-7H,8H2,1H3,(H,16,17). The van der Waals surface area contributed by atoms with E-state index in [1.165, 1.54) is 29.5 Å². The van der Waals surface area contributed by atoms with Crippen molar-refractivity contribution in [3.05, 3.63) is 52.0 Å². The number of nitrogens with zero attached hydrogens (tertiary/aromatic N) is 1. The lowest BCUT2D eigenvalue weighted by atomic mass is 10.3. The van der Waals surface area contributed by atoms with Gasteiger partial charge < -0.3 is 5.11 Å². The first-order chi connectivity index (χ1) is 8.56. The Morgan fingerprint density at radius 3 is 2.72 bits per heavy atom. The zero-order valence-electron chi connectivity index (χ0n) is 9.76. The molecule has 3 nitrogen and oxygen atoms in total. The summed E-state index contributed by atoms with van der Waals surface area (Å²) in [6, 6.07) is 9.41. The van der Waals surface area contributed by atoms with Gasteiger partial charge in [0.1, 0.15) is 5.82 Å². The minimum Gasteiger partial charge on any atom is -0.465 e. The van der Waals surface area contributed by atoms with Crippen LogP contribution in [0.3, 0.4) is 0 Å². The molecule has 2 aromatic rings. The first-order valence-corrected chi connectivity index (χ1v) is 6.19. The van der Waals surface area contributed by atoms with Crippen molar-refractivity contribution in [2.75, 3.05) is 4.90 Å². The molecule has 1 N–H and O–H groups in total. The number of carbonyl (C=O) groups is 1. The number of amides is 1. The molecule has 0 saturated carbocycles. The summed E-state index contributed by atoms with van der Waals surface area (Å²) in [6.07, 6.45) is -1.09. The van der Waals surface area contributed by atoms with Gasteiger partial charge in [0.25, 0.3) is 0 Å². The topological polar surface area (TPSA) is 40.5 Å². The highest BCUT2D eigenvalue weighted by atomic mass is 32.1. The fraction of sp³-hybridized carbons (Fsp3) is 0.154. The van der Waals surface area contributed by atoms with Crippen molar-refractivity contribution in [3.8, 4) is 0 Å². The van der Waals surface area contributed by atoms with Crippen molar-refractivity contribution in [1.29, 1.82) is 0 Å². The van der Waals surface area contributed by atoms with Gasteiger partial charge in [0.15, 0.2) is 0 Å². The Morgan fingerprint density at radius 1 is 1.39 bits per heavy atom. The van der Waals surface area contributed by atoms with Crippen LogP contribution in [0.2, 0.25) is 0 Å². The molecule has 1 aromatic heterocycles. The third-order valence-electron chi connectivity index (χ3n) is 2.46. The number of benzene rings is 1. The number of hydrogen-bond acceptors (Lipinski definition) is 2. The highest BCUT2D eigenvalue weighted by molar-refractivity contribution is 7.11. The van der Waals surface area contributed by atoms with Gasteiger partial charge in [-0.05, 0) is 37.3 Å². The summed E-state index contributed by atoms with van der Waals surface area (Å²) in [5.74, 6) is -0.443. The van der Waals surface area contributed by atoms with Gasteiger partial charge in [0.05, 0.1) is 12.2 Å². The SMILES string of the molecule is Cc1ccc(CN(C(=O)O)c2cccc(F)c2)s1. The van der Waals surface area contributed by atoms with Crippen LogP contribution in [0.25, 0.3) is 0 Å². The molecular formula is C13H12FNO2S. The molecule has 1 heterocycles. The molecule has 1 amide bonds. The van der Waals surface area contributed by atoms with E-state index < -0.39 is 11.9 Å². The maximum Gasteiger partial charge on any atom is 0.412 e. The normalized spacial score (nSPS) is 10.3. The first-order valence-electron chi connectivity index (χ1n) is 5.37. The summed E-state index contributed by atoms with van der Waals surface area (Å²) in [5, 5.41) is 9.19. The fourth-order valence-corrected chi connectivity index (χ4v) is 2.52. The Bertz CT molecular complexity index is 568. The average Bonchev–Trinajstić information content (AvgIpc) is 2.71. The molecule has 0 atom stereocenters. The summed E-state index contributed by atoms with van der Waals surface area (Å²) < 4.78 is 13.1. The van der Waals surface area contributed by atoms with Gasteiger partial charge in [0, 0.05) is 9.75 Å². The highest BCUT2D eigenvalue weighted by Crippen LogP contribution is 2.22. The quantitative estimate of drug-likeness (QED) is 0.914. The minimum absolute atomic E-state index is 0.233. The molecule has 0 radical (unpaired) electrons. The van der Waals surface area contributed by atoms with Crippen molar-refractivity contribution in [3.63, 3.8) is 0 Å². The molecule has 0 bridgehead atoms. The van der Waals surface area contributed by atoms with Crippen molar-refractivity contribution in [2.45, 2.75) is 13.5 Å². The minimum atomic E-state index is -1.09. The number of hydrogen-bond donors (Lipinski definition) is 1. The molecule has 0 aliphatic rings. The van der Waals surface area contributed by atoms with Crippen molar-refractivity contribution in [2.24, 2.45) is 0 Å². The van der Waals surface area contributed by atoms with E-state index in [0.29, 0.717) is 5.69 Å². The van der Waals surface area contributed by atoms with E-state index in [1.807, 2.05) is 19.1 Å². The predicted molar refractivity (Wildman–Crippen MR) is 69.7 cm³/mol.